The molecule has 2 heterocycles. The Labute approximate surface area is 223 Å². The Balaban J connectivity index is 1.34. The average Bonchev–Trinajstić information content (AvgIpc) is 2.94. The van der Waals surface area contributed by atoms with E-state index < -0.39 is 29.0 Å². The second-order valence-electron chi connectivity index (χ2n) is 9.79. The molecule has 1 aromatic heterocycles. The first-order chi connectivity index (χ1) is 18.3. The molecule has 10 heteroatoms. The number of rotatable bonds is 11. The third-order valence-electron chi connectivity index (χ3n) is 7.50. The van der Waals surface area contributed by atoms with Gasteiger partial charge in [-0.3, -0.25) is 4.98 Å². The van der Waals surface area contributed by atoms with Crippen molar-refractivity contribution in [3.63, 3.8) is 0 Å². The highest BCUT2D eigenvalue weighted by Crippen LogP contribution is 2.41. The largest absolute Gasteiger partial charge is 0.497 e. The van der Waals surface area contributed by atoms with Gasteiger partial charge in [0.1, 0.15) is 11.9 Å². The molecule has 0 aliphatic carbocycles. The molecule has 206 valence electrons. The molecule has 1 aliphatic heterocycles. The van der Waals surface area contributed by atoms with Crippen LogP contribution in [0.2, 0.25) is 0 Å². The number of aliphatic hydroxyl groups is 2. The van der Waals surface area contributed by atoms with E-state index in [4.69, 9.17) is 4.74 Å². The third-order valence-corrected chi connectivity index (χ3v) is 8.45. The number of alkyl halides is 1. The van der Waals surface area contributed by atoms with Gasteiger partial charge in [0.15, 0.2) is 17.5 Å². The topological polar surface area (TPSA) is 65.8 Å². The smallest absolute Gasteiger partial charge is 0.194 e. The van der Waals surface area contributed by atoms with Crippen molar-refractivity contribution in [2.45, 2.75) is 43.4 Å². The zero-order valence-corrected chi connectivity index (χ0v) is 22.0. The van der Waals surface area contributed by atoms with Crippen LogP contribution in [0.15, 0.2) is 41.4 Å². The first-order valence-electron chi connectivity index (χ1n) is 12.6. The highest BCUT2D eigenvalue weighted by Gasteiger charge is 2.35. The standard InChI is InChI=1S/C28H32F4N2O3S/c1-37-19-2-3-25-21(12-19)26(18(16-35)15-33-25)22(29)4-5-28(17-36)6-8-34(9-7-28)10-11-38-20-13-23(30)27(32)24(31)14-20/h2-3,12-15,22,35-36H,4-11,16-17H2,1H3/t22-/m1/s1. The number of halogens is 4. The maximum Gasteiger partial charge on any atom is 0.194 e. The normalized spacial score (nSPS) is 16.6. The van der Waals surface area contributed by atoms with Crippen molar-refractivity contribution in [3.05, 3.63) is 65.1 Å². The number of methoxy groups -OCH3 is 1. The molecule has 3 aromatic rings. The van der Waals surface area contributed by atoms with Crippen molar-refractivity contribution in [3.8, 4) is 5.75 Å². The van der Waals surface area contributed by atoms with Gasteiger partial charge in [-0.1, -0.05) is 0 Å². The van der Waals surface area contributed by atoms with Crippen molar-refractivity contribution in [2.24, 2.45) is 5.41 Å². The molecular weight excluding hydrogens is 520 g/mol. The molecule has 1 fully saturated rings. The summed E-state index contributed by atoms with van der Waals surface area (Å²) in [5.41, 5.74) is 1.06. The molecule has 38 heavy (non-hydrogen) atoms. The molecular formula is C28H32F4N2O3S. The zero-order valence-electron chi connectivity index (χ0n) is 21.2. The molecule has 0 unspecified atom stereocenters. The highest BCUT2D eigenvalue weighted by molar-refractivity contribution is 7.99. The van der Waals surface area contributed by atoms with Gasteiger partial charge >= 0.3 is 0 Å². The summed E-state index contributed by atoms with van der Waals surface area (Å²) in [5, 5.41) is 20.7. The van der Waals surface area contributed by atoms with Crippen LogP contribution in [0.1, 0.15) is 43.0 Å². The number of likely N-dealkylation sites (tertiary alicyclic amines) is 1. The number of hydrogen-bond acceptors (Lipinski definition) is 6. The van der Waals surface area contributed by atoms with Crippen LogP contribution in [-0.4, -0.2) is 59.2 Å². The fraction of sp³-hybridized carbons (Fsp3) is 0.464. The highest BCUT2D eigenvalue weighted by atomic mass is 32.2. The number of pyridine rings is 1. The minimum atomic E-state index is -1.47. The van der Waals surface area contributed by atoms with E-state index in [1.807, 2.05) is 0 Å². The zero-order chi connectivity index (χ0) is 27.3. The molecule has 2 aromatic carbocycles. The average molecular weight is 553 g/mol. The van der Waals surface area contributed by atoms with Gasteiger partial charge in [-0.05, 0) is 74.5 Å². The monoisotopic (exact) mass is 552 g/mol. The van der Waals surface area contributed by atoms with Crippen LogP contribution >= 0.6 is 11.8 Å². The summed E-state index contributed by atoms with van der Waals surface area (Å²) in [6, 6.07) is 7.24. The van der Waals surface area contributed by atoms with Crippen LogP contribution in [-0.2, 0) is 6.61 Å². The fourth-order valence-corrected chi connectivity index (χ4v) is 6.04. The van der Waals surface area contributed by atoms with Crippen molar-refractivity contribution < 1.29 is 32.5 Å². The summed E-state index contributed by atoms with van der Waals surface area (Å²) in [6.07, 6.45) is 2.23. The number of ether oxygens (including phenoxy) is 1. The Bertz CT molecular complexity index is 1230. The maximum absolute atomic E-state index is 15.7. The van der Waals surface area contributed by atoms with E-state index in [9.17, 15) is 23.4 Å². The molecule has 4 rings (SSSR count). The lowest BCUT2D eigenvalue weighted by Gasteiger charge is -2.41. The Morgan fingerprint density at radius 1 is 1.11 bits per heavy atom. The van der Waals surface area contributed by atoms with E-state index >= 15 is 4.39 Å². The summed E-state index contributed by atoms with van der Waals surface area (Å²) in [7, 11) is 1.54. The lowest BCUT2D eigenvalue weighted by molar-refractivity contribution is 0.0322. The van der Waals surface area contributed by atoms with Gasteiger partial charge in [-0.15, -0.1) is 11.8 Å². The van der Waals surface area contributed by atoms with Crippen LogP contribution in [0.25, 0.3) is 10.9 Å². The SMILES string of the molecule is COc1ccc2ncc(CO)c([C@H](F)CCC3(CO)CCN(CCSc4cc(F)c(F)c(F)c4)CC3)c2c1. The lowest BCUT2D eigenvalue weighted by Crippen LogP contribution is -2.42. The second-order valence-corrected chi connectivity index (χ2v) is 11.0. The van der Waals surface area contributed by atoms with Crippen LogP contribution < -0.4 is 4.74 Å². The molecule has 5 nitrogen and oxygen atoms in total. The Kier molecular flexibility index (Phi) is 9.51. The molecule has 0 saturated carbocycles. The lowest BCUT2D eigenvalue weighted by atomic mass is 9.74. The van der Waals surface area contributed by atoms with Gasteiger partial charge in [-0.2, -0.15) is 0 Å². The molecule has 1 saturated heterocycles. The van der Waals surface area contributed by atoms with E-state index in [2.05, 4.69) is 9.88 Å². The fourth-order valence-electron chi connectivity index (χ4n) is 5.08. The third kappa shape index (κ3) is 6.42. The first-order valence-corrected chi connectivity index (χ1v) is 13.6. The number of nitrogens with zero attached hydrogens (tertiary/aromatic N) is 2. The minimum Gasteiger partial charge on any atom is -0.497 e. The van der Waals surface area contributed by atoms with Gasteiger partial charge in [0, 0.05) is 46.5 Å². The van der Waals surface area contributed by atoms with Crippen LogP contribution in [0.3, 0.4) is 0 Å². The number of benzene rings is 2. The molecule has 0 spiro atoms. The molecule has 0 radical (unpaired) electrons. The molecule has 0 amide bonds. The maximum atomic E-state index is 15.7. The van der Waals surface area contributed by atoms with Gasteiger partial charge in [0.2, 0.25) is 0 Å². The van der Waals surface area contributed by atoms with E-state index in [1.54, 1.807) is 18.2 Å². The van der Waals surface area contributed by atoms with E-state index in [-0.39, 0.29) is 19.6 Å². The van der Waals surface area contributed by atoms with Crippen molar-refractivity contribution in [1.29, 1.82) is 0 Å². The van der Waals surface area contributed by atoms with E-state index in [0.29, 0.717) is 77.3 Å². The molecule has 1 aliphatic rings. The van der Waals surface area contributed by atoms with Crippen molar-refractivity contribution in [1.82, 2.24) is 9.88 Å². The molecule has 0 bridgehead atoms. The molecule has 2 N–H and O–H groups in total. The number of hydrogen-bond donors (Lipinski definition) is 2. The van der Waals surface area contributed by atoms with Crippen molar-refractivity contribution in [2.75, 3.05) is 39.1 Å². The number of thioether (sulfide) groups is 1. The first kappa shape index (κ1) is 28.6. The number of aromatic nitrogens is 1. The summed E-state index contributed by atoms with van der Waals surface area (Å²) in [4.78, 5) is 6.87. The number of piperidine rings is 1. The van der Waals surface area contributed by atoms with Gasteiger partial charge in [0.25, 0.3) is 0 Å². The Hall–Kier alpha value is -2.40. The second kappa shape index (κ2) is 12.6. The quantitative estimate of drug-likeness (QED) is 0.178. The summed E-state index contributed by atoms with van der Waals surface area (Å²) < 4.78 is 61.0. The number of aliphatic hydroxyl groups excluding tert-OH is 2. The van der Waals surface area contributed by atoms with Crippen LogP contribution in [0.5, 0.6) is 5.75 Å². The van der Waals surface area contributed by atoms with Crippen LogP contribution in [0.4, 0.5) is 17.6 Å². The van der Waals surface area contributed by atoms with Gasteiger partial charge < -0.3 is 19.8 Å². The summed E-state index contributed by atoms with van der Waals surface area (Å²) in [5.74, 6) is -2.71. The van der Waals surface area contributed by atoms with E-state index in [0.717, 1.165) is 12.1 Å². The predicted molar refractivity (Wildman–Crippen MR) is 140 cm³/mol. The Morgan fingerprint density at radius 3 is 2.45 bits per heavy atom. The number of fused-ring (bicyclic) bond motifs is 1. The summed E-state index contributed by atoms with van der Waals surface area (Å²) >= 11 is 1.25. The molecule has 1 atom stereocenters. The minimum absolute atomic E-state index is 0.0474. The Morgan fingerprint density at radius 2 is 1.82 bits per heavy atom. The summed E-state index contributed by atoms with van der Waals surface area (Å²) in [6.45, 7) is 1.71. The van der Waals surface area contributed by atoms with Gasteiger partial charge in [0.05, 0.1) is 19.2 Å². The van der Waals surface area contributed by atoms with E-state index in [1.165, 1.54) is 25.1 Å². The van der Waals surface area contributed by atoms with Crippen molar-refractivity contribution >= 4 is 22.7 Å². The predicted octanol–water partition coefficient (Wildman–Crippen LogP) is 5.81. The van der Waals surface area contributed by atoms with Crippen LogP contribution in [0, 0.1) is 22.9 Å². The van der Waals surface area contributed by atoms with Gasteiger partial charge in [-0.25, -0.2) is 17.6 Å².